The molecule has 2 rings (SSSR count). The normalized spacial score (nSPS) is 17.6. The predicted octanol–water partition coefficient (Wildman–Crippen LogP) is 0.893. The highest BCUT2D eigenvalue weighted by atomic mass is 15.3. The number of aryl methyl sites for hydroxylation is 2. The van der Waals surface area contributed by atoms with Crippen LogP contribution in [-0.2, 0) is 0 Å². The van der Waals surface area contributed by atoms with Crippen LogP contribution in [0.2, 0.25) is 0 Å². The number of anilines is 1. The minimum atomic E-state index is 0.885. The third kappa shape index (κ3) is 2.65. The second-order valence-corrected chi connectivity index (χ2v) is 4.04. The van der Waals surface area contributed by atoms with Gasteiger partial charge < -0.3 is 10.2 Å². The van der Waals surface area contributed by atoms with Gasteiger partial charge in [0.25, 0.3) is 0 Å². The van der Waals surface area contributed by atoms with E-state index in [0.29, 0.717) is 0 Å². The standard InChI is InChI=1S/C11H18N4/c1-9-8-10(2)14-11(13-9)15-6-3-4-12-5-7-15/h8,12H,3-7H2,1-2H3. The van der Waals surface area contributed by atoms with Crippen molar-refractivity contribution < 1.29 is 0 Å². The largest absolute Gasteiger partial charge is 0.339 e. The van der Waals surface area contributed by atoms with Gasteiger partial charge in [-0.15, -0.1) is 0 Å². The maximum atomic E-state index is 4.49. The van der Waals surface area contributed by atoms with Crippen LogP contribution in [0.5, 0.6) is 0 Å². The molecular weight excluding hydrogens is 188 g/mol. The van der Waals surface area contributed by atoms with Gasteiger partial charge in [0.1, 0.15) is 0 Å². The Balaban J connectivity index is 2.19. The number of nitrogens with one attached hydrogen (secondary N) is 1. The van der Waals surface area contributed by atoms with Crippen LogP contribution in [0.15, 0.2) is 6.07 Å². The molecule has 0 aromatic carbocycles. The number of rotatable bonds is 1. The molecule has 0 spiro atoms. The van der Waals surface area contributed by atoms with Crippen molar-refractivity contribution in [1.82, 2.24) is 15.3 Å². The monoisotopic (exact) mass is 206 g/mol. The van der Waals surface area contributed by atoms with Crippen LogP contribution in [0.1, 0.15) is 17.8 Å². The maximum absolute atomic E-state index is 4.49. The van der Waals surface area contributed by atoms with E-state index in [9.17, 15) is 0 Å². The maximum Gasteiger partial charge on any atom is 0.225 e. The summed E-state index contributed by atoms with van der Waals surface area (Å²) < 4.78 is 0. The van der Waals surface area contributed by atoms with E-state index < -0.39 is 0 Å². The third-order valence-corrected chi connectivity index (χ3v) is 2.59. The minimum absolute atomic E-state index is 0.885. The molecule has 1 aromatic heterocycles. The fraction of sp³-hybridized carbons (Fsp3) is 0.636. The molecule has 0 saturated carbocycles. The molecule has 1 aliphatic heterocycles. The van der Waals surface area contributed by atoms with Crippen molar-refractivity contribution in [3.8, 4) is 0 Å². The molecule has 1 aromatic rings. The Labute approximate surface area is 90.7 Å². The van der Waals surface area contributed by atoms with E-state index >= 15 is 0 Å². The fourth-order valence-electron chi connectivity index (χ4n) is 1.89. The van der Waals surface area contributed by atoms with Crippen LogP contribution in [0.4, 0.5) is 5.95 Å². The molecule has 4 heteroatoms. The molecule has 4 nitrogen and oxygen atoms in total. The van der Waals surface area contributed by atoms with E-state index in [1.165, 1.54) is 0 Å². The minimum Gasteiger partial charge on any atom is -0.339 e. The molecule has 0 bridgehead atoms. The van der Waals surface area contributed by atoms with E-state index in [4.69, 9.17) is 0 Å². The first kappa shape index (κ1) is 10.4. The summed E-state index contributed by atoms with van der Waals surface area (Å²) >= 11 is 0. The number of aromatic nitrogens is 2. The van der Waals surface area contributed by atoms with Crippen LogP contribution in [0, 0.1) is 13.8 Å². The Morgan fingerprint density at radius 1 is 1.13 bits per heavy atom. The van der Waals surface area contributed by atoms with Crippen LogP contribution in [-0.4, -0.2) is 36.1 Å². The Hall–Kier alpha value is -1.16. The predicted molar refractivity (Wildman–Crippen MR) is 61.2 cm³/mol. The summed E-state index contributed by atoms with van der Waals surface area (Å²) in [7, 11) is 0. The lowest BCUT2D eigenvalue weighted by Gasteiger charge is -2.20. The van der Waals surface area contributed by atoms with Crippen LogP contribution in [0.25, 0.3) is 0 Å². The summed E-state index contributed by atoms with van der Waals surface area (Å²) in [4.78, 5) is 11.2. The Morgan fingerprint density at radius 2 is 1.87 bits per heavy atom. The lowest BCUT2D eigenvalue weighted by Crippen LogP contribution is -2.29. The van der Waals surface area contributed by atoms with Crippen LogP contribution >= 0.6 is 0 Å². The van der Waals surface area contributed by atoms with Gasteiger partial charge in [-0.25, -0.2) is 9.97 Å². The molecule has 0 aliphatic carbocycles. The van der Waals surface area contributed by atoms with Crippen LogP contribution in [0.3, 0.4) is 0 Å². The topological polar surface area (TPSA) is 41.1 Å². The van der Waals surface area contributed by atoms with Gasteiger partial charge >= 0.3 is 0 Å². The first-order valence-electron chi connectivity index (χ1n) is 5.53. The average molecular weight is 206 g/mol. The van der Waals surface area contributed by atoms with E-state index in [1.54, 1.807) is 0 Å². The highest BCUT2D eigenvalue weighted by molar-refractivity contribution is 5.32. The zero-order valence-electron chi connectivity index (χ0n) is 9.45. The molecule has 1 N–H and O–H groups in total. The van der Waals surface area contributed by atoms with Gasteiger partial charge in [0.2, 0.25) is 5.95 Å². The summed E-state index contributed by atoms with van der Waals surface area (Å²) in [5.41, 5.74) is 2.10. The third-order valence-electron chi connectivity index (χ3n) is 2.59. The van der Waals surface area contributed by atoms with Crippen molar-refractivity contribution in [2.24, 2.45) is 0 Å². The van der Waals surface area contributed by atoms with Crippen molar-refractivity contribution >= 4 is 5.95 Å². The van der Waals surface area contributed by atoms with E-state index in [0.717, 1.165) is 49.9 Å². The molecule has 1 saturated heterocycles. The quantitative estimate of drug-likeness (QED) is 0.741. The molecule has 15 heavy (non-hydrogen) atoms. The zero-order chi connectivity index (χ0) is 10.7. The van der Waals surface area contributed by atoms with Gasteiger partial charge in [-0.05, 0) is 32.9 Å². The summed E-state index contributed by atoms with van der Waals surface area (Å²) in [6.07, 6.45) is 1.16. The van der Waals surface area contributed by atoms with Gasteiger partial charge in [-0.3, -0.25) is 0 Å². The van der Waals surface area contributed by atoms with Crippen molar-refractivity contribution in [2.75, 3.05) is 31.1 Å². The van der Waals surface area contributed by atoms with Crippen molar-refractivity contribution in [3.63, 3.8) is 0 Å². The van der Waals surface area contributed by atoms with E-state index in [1.807, 2.05) is 19.9 Å². The summed E-state index contributed by atoms with van der Waals surface area (Å²) in [5.74, 6) is 0.885. The lowest BCUT2D eigenvalue weighted by atomic mass is 10.3. The van der Waals surface area contributed by atoms with E-state index in [-0.39, 0.29) is 0 Å². The first-order chi connectivity index (χ1) is 7.25. The Morgan fingerprint density at radius 3 is 2.60 bits per heavy atom. The molecule has 82 valence electrons. The van der Waals surface area contributed by atoms with Gasteiger partial charge in [0.15, 0.2) is 0 Å². The Bertz CT molecular complexity index is 309. The van der Waals surface area contributed by atoms with E-state index in [2.05, 4.69) is 20.2 Å². The van der Waals surface area contributed by atoms with Gasteiger partial charge in [0, 0.05) is 31.0 Å². The fourth-order valence-corrected chi connectivity index (χ4v) is 1.89. The average Bonchev–Trinajstić information content (AvgIpc) is 2.43. The molecule has 0 radical (unpaired) electrons. The highest BCUT2D eigenvalue weighted by Gasteiger charge is 2.12. The summed E-state index contributed by atoms with van der Waals surface area (Å²) in [6.45, 7) is 8.22. The van der Waals surface area contributed by atoms with Gasteiger partial charge in [-0.2, -0.15) is 0 Å². The van der Waals surface area contributed by atoms with Crippen molar-refractivity contribution in [2.45, 2.75) is 20.3 Å². The molecule has 1 fully saturated rings. The number of nitrogens with zero attached hydrogens (tertiary/aromatic N) is 3. The van der Waals surface area contributed by atoms with Crippen molar-refractivity contribution in [3.05, 3.63) is 17.5 Å². The van der Waals surface area contributed by atoms with Crippen molar-refractivity contribution in [1.29, 1.82) is 0 Å². The molecule has 0 atom stereocenters. The van der Waals surface area contributed by atoms with Gasteiger partial charge in [0.05, 0.1) is 0 Å². The zero-order valence-corrected chi connectivity index (χ0v) is 9.45. The van der Waals surface area contributed by atoms with Gasteiger partial charge in [-0.1, -0.05) is 0 Å². The number of hydrogen-bond donors (Lipinski definition) is 1. The second-order valence-electron chi connectivity index (χ2n) is 4.04. The Kier molecular flexibility index (Phi) is 3.16. The molecule has 0 unspecified atom stereocenters. The smallest absolute Gasteiger partial charge is 0.225 e. The van der Waals surface area contributed by atoms with Crippen LogP contribution < -0.4 is 10.2 Å². The lowest BCUT2D eigenvalue weighted by molar-refractivity contribution is 0.724. The SMILES string of the molecule is Cc1cc(C)nc(N2CCCNCC2)n1. The number of hydrogen-bond acceptors (Lipinski definition) is 4. The first-order valence-corrected chi connectivity index (χ1v) is 5.53. The molecule has 2 heterocycles. The molecule has 0 amide bonds. The molecule has 1 aliphatic rings. The summed E-state index contributed by atoms with van der Waals surface area (Å²) in [5, 5.41) is 3.38. The second kappa shape index (κ2) is 4.57. The molecular formula is C11H18N4. The highest BCUT2D eigenvalue weighted by Crippen LogP contribution is 2.10. The summed E-state index contributed by atoms with van der Waals surface area (Å²) in [6, 6.07) is 2.01.